The molecule has 3 nitrogen and oxygen atoms in total. The van der Waals surface area contributed by atoms with E-state index in [1.165, 1.54) is 0 Å². The van der Waals surface area contributed by atoms with E-state index in [-0.39, 0.29) is 0 Å². The Balaban J connectivity index is 3.30. The van der Waals surface area contributed by atoms with Gasteiger partial charge in [0.05, 0.1) is 13.3 Å². The Labute approximate surface area is 97.3 Å². The van der Waals surface area contributed by atoms with Gasteiger partial charge < -0.3 is 9.47 Å². The highest BCUT2D eigenvalue weighted by molar-refractivity contribution is 5.47. The molecule has 0 bridgehead atoms. The maximum absolute atomic E-state index is 12.5. The molecule has 0 atom stereocenters. The molecular formula is C9H7F6NO2. The van der Waals surface area contributed by atoms with Crippen molar-refractivity contribution in [3.63, 3.8) is 0 Å². The Hall–Kier alpha value is -1.67. The van der Waals surface area contributed by atoms with Crippen LogP contribution in [0.3, 0.4) is 0 Å². The molecule has 0 aromatic carbocycles. The summed E-state index contributed by atoms with van der Waals surface area (Å²) in [5, 5.41) is 0. The van der Waals surface area contributed by atoms with Crippen LogP contribution in [-0.4, -0.2) is 18.5 Å². The first-order chi connectivity index (χ1) is 8.06. The number of nitrogens with zero attached hydrogens (tertiary/aromatic N) is 1. The van der Waals surface area contributed by atoms with Crippen molar-refractivity contribution < 1.29 is 35.8 Å². The Bertz CT molecular complexity index is 440. The number of hydrogen-bond acceptors (Lipinski definition) is 3. The van der Waals surface area contributed by atoms with Gasteiger partial charge in [0.15, 0.2) is 17.2 Å². The van der Waals surface area contributed by atoms with Crippen LogP contribution in [0.15, 0.2) is 6.20 Å². The van der Waals surface area contributed by atoms with Gasteiger partial charge in [-0.15, -0.1) is 13.2 Å². The number of hydrogen-bond donors (Lipinski definition) is 0. The lowest BCUT2D eigenvalue weighted by molar-refractivity contribution is -0.275. The summed E-state index contributed by atoms with van der Waals surface area (Å²) in [6.07, 6.45) is -9.50. The molecule has 0 saturated carbocycles. The summed E-state index contributed by atoms with van der Waals surface area (Å²) in [4.78, 5) is 2.91. The Morgan fingerprint density at radius 2 is 1.67 bits per heavy atom. The van der Waals surface area contributed by atoms with Gasteiger partial charge in [-0.05, 0) is 6.92 Å². The molecule has 0 aliphatic heterocycles. The number of aromatic nitrogens is 1. The van der Waals surface area contributed by atoms with Gasteiger partial charge in [0.25, 0.3) is 0 Å². The monoisotopic (exact) mass is 275 g/mol. The van der Waals surface area contributed by atoms with Gasteiger partial charge in [0, 0.05) is 5.56 Å². The molecule has 1 aromatic heterocycles. The Kier molecular flexibility index (Phi) is 3.63. The quantitative estimate of drug-likeness (QED) is 0.776. The summed E-state index contributed by atoms with van der Waals surface area (Å²) >= 11 is 0. The molecule has 0 N–H and O–H groups in total. The van der Waals surface area contributed by atoms with Crippen LogP contribution in [0.2, 0.25) is 0 Å². The van der Waals surface area contributed by atoms with E-state index < -0.39 is 35.3 Å². The van der Waals surface area contributed by atoms with E-state index in [1.54, 1.807) is 0 Å². The van der Waals surface area contributed by atoms with Crippen LogP contribution in [0.1, 0.15) is 11.3 Å². The van der Waals surface area contributed by atoms with Gasteiger partial charge in [0.1, 0.15) is 0 Å². The second kappa shape index (κ2) is 4.54. The van der Waals surface area contributed by atoms with E-state index >= 15 is 0 Å². The SMILES string of the molecule is COc1c(OC(F)(F)F)cnc(C(F)(F)F)c1C. The molecule has 0 spiro atoms. The van der Waals surface area contributed by atoms with Gasteiger partial charge >= 0.3 is 12.5 Å². The minimum absolute atomic E-state index is 0.322. The van der Waals surface area contributed by atoms with E-state index in [0.717, 1.165) is 14.0 Å². The standard InChI is InChI=1S/C9H7F6NO2/c1-4-6(17-2)5(18-9(13,14)15)3-16-7(4)8(10,11)12/h3H,1-2H3. The lowest BCUT2D eigenvalue weighted by Gasteiger charge is -2.16. The van der Waals surface area contributed by atoms with Crippen LogP contribution in [0.25, 0.3) is 0 Å². The largest absolute Gasteiger partial charge is 0.573 e. The third kappa shape index (κ3) is 3.17. The molecule has 1 heterocycles. The third-order valence-corrected chi connectivity index (χ3v) is 1.93. The van der Waals surface area contributed by atoms with E-state index in [0.29, 0.717) is 6.20 Å². The van der Waals surface area contributed by atoms with Crippen molar-refractivity contribution in [3.8, 4) is 11.5 Å². The Morgan fingerprint density at radius 1 is 1.11 bits per heavy atom. The molecule has 0 unspecified atom stereocenters. The Morgan fingerprint density at radius 3 is 2.06 bits per heavy atom. The first-order valence-corrected chi connectivity index (χ1v) is 4.42. The number of methoxy groups -OCH3 is 1. The van der Waals surface area contributed by atoms with Crippen molar-refractivity contribution in [2.45, 2.75) is 19.5 Å². The number of rotatable bonds is 2. The van der Waals surface area contributed by atoms with Crippen molar-refractivity contribution in [1.82, 2.24) is 4.98 Å². The summed E-state index contributed by atoms with van der Waals surface area (Å²) in [6.45, 7) is 0.942. The summed E-state index contributed by atoms with van der Waals surface area (Å²) in [6, 6.07) is 0. The zero-order valence-electron chi connectivity index (χ0n) is 9.11. The summed E-state index contributed by atoms with van der Waals surface area (Å²) in [5.41, 5.74) is -1.90. The van der Waals surface area contributed by atoms with Crippen LogP contribution in [0.4, 0.5) is 26.3 Å². The van der Waals surface area contributed by atoms with E-state index in [4.69, 9.17) is 0 Å². The minimum atomic E-state index is -5.04. The fourth-order valence-corrected chi connectivity index (χ4v) is 1.31. The number of ether oxygens (including phenoxy) is 2. The molecule has 0 aliphatic rings. The normalized spacial score (nSPS) is 12.4. The first-order valence-electron chi connectivity index (χ1n) is 4.42. The van der Waals surface area contributed by atoms with Crippen molar-refractivity contribution in [1.29, 1.82) is 0 Å². The maximum atomic E-state index is 12.5. The van der Waals surface area contributed by atoms with E-state index in [1.807, 2.05) is 0 Å². The zero-order chi connectivity index (χ0) is 14.1. The smallest absolute Gasteiger partial charge is 0.492 e. The van der Waals surface area contributed by atoms with Gasteiger partial charge in [-0.2, -0.15) is 13.2 Å². The number of alkyl halides is 6. The first kappa shape index (κ1) is 14.4. The van der Waals surface area contributed by atoms with Crippen molar-refractivity contribution in [2.75, 3.05) is 7.11 Å². The highest BCUT2D eigenvalue weighted by Gasteiger charge is 2.38. The molecule has 1 rings (SSSR count). The highest BCUT2D eigenvalue weighted by Crippen LogP contribution is 2.40. The van der Waals surface area contributed by atoms with E-state index in [2.05, 4.69) is 14.5 Å². The van der Waals surface area contributed by atoms with Gasteiger partial charge in [0.2, 0.25) is 0 Å². The van der Waals surface area contributed by atoms with Crippen LogP contribution in [0, 0.1) is 6.92 Å². The van der Waals surface area contributed by atoms with Crippen LogP contribution in [-0.2, 0) is 6.18 Å². The lowest BCUT2D eigenvalue weighted by Crippen LogP contribution is -2.19. The average molecular weight is 275 g/mol. The lowest BCUT2D eigenvalue weighted by atomic mass is 10.2. The van der Waals surface area contributed by atoms with Crippen molar-refractivity contribution >= 4 is 0 Å². The maximum Gasteiger partial charge on any atom is 0.573 e. The molecule has 0 radical (unpaired) electrons. The predicted octanol–water partition coefficient (Wildman–Crippen LogP) is 3.32. The molecule has 0 fully saturated rings. The molecule has 0 amide bonds. The van der Waals surface area contributed by atoms with Gasteiger partial charge in [-0.25, -0.2) is 4.98 Å². The highest BCUT2D eigenvalue weighted by atomic mass is 19.4. The summed E-state index contributed by atoms with van der Waals surface area (Å²) in [5.74, 6) is -1.58. The molecule has 18 heavy (non-hydrogen) atoms. The van der Waals surface area contributed by atoms with Gasteiger partial charge in [-0.1, -0.05) is 0 Å². The van der Waals surface area contributed by atoms with Crippen LogP contribution in [0.5, 0.6) is 11.5 Å². The molecule has 9 heteroatoms. The van der Waals surface area contributed by atoms with E-state index in [9.17, 15) is 26.3 Å². The second-order valence-electron chi connectivity index (χ2n) is 3.17. The van der Waals surface area contributed by atoms with Crippen LogP contribution < -0.4 is 9.47 Å². The zero-order valence-corrected chi connectivity index (χ0v) is 9.11. The predicted molar refractivity (Wildman–Crippen MR) is 47.2 cm³/mol. The van der Waals surface area contributed by atoms with Crippen molar-refractivity contribution in [3.05, 3.63) is 17.5 Å². The molecule has 102 valence electrons. The fraction of sp³-hybridized carbons (Fsp3) is 0.444. The molecule has 0 saturated heterocycles. The minimum Gasteiger partial charge on any atom is -0.492 e. The summed E-state index contributed by atoms with van der Waals surface area (Å²) in [7, 11) is 0.936. The second-order valence-corrected chi connectivity index (χ2v) is 3.17. The summed E-state index contributed by atoms with van der Waals surface area (Å²) < 4.78 is 81.4. The molecule has 1 aromatic rings. The van der Waals surface area contributed by atoms with Crippen molar-refractivity contribution in [2.24, 2.45) is 0 Å². The third-order valence-electron chi connectivity index (χ3n) is 1.93. The number of halogens is 6. The average Bonchev–Trinajstić information content (AvgIpc) is 2.13. The number of pyridine rings is 1. The fourth-order valence-electron chi connectivity index (χ4n) is 1.31. The molecular weight excluding hydrogens is 268 g/mol. The van der Waals surface area contributed by atoms with Crippen LogP contribution >= 0.6 is 0 Å². The van der Waals surface area contributed by atoms with Gasteiger partial charge in [-0.3, -0.25) is 0 Å². The topological polar surface area (TPSA) is 31.4 Å². The molecule has 0 aliphatic carbocycles.